The fourth-order valence-corrected chi connectivity index (χ4v) is 2.20. The highest BCUT2D eigenvalue weighted by molar-refractivity contribution is 6.33. The normalized spacial score (nSPS) is 11.4. The number of benzene rings is 2. The highest BCUT2D eigenvalue weighted by Crippen LogP contribution is 2.14. The van der Waals surface area contributed by atoms with Crippen LogP contribution < -0.4 is 5.43 Å². The lowest BCUT2D eigenvalue weighted by Gasteiger charge is -2.00. The Balaban J connectivity index is 1.72. The highest BCUT2D eigenvalue weighted by atomic mass is 35.5. The van der Waals surface area contributed by atoms with E-state index < -0.39 is 0 Å². The SMILES string of the molecule is Clc1ccccc1C=NNc1nncn1/N=C/c1ccccc1Cl. The number of hydrogen-bond acceptors (Lipinski definition) is 5. The number of hydrogen-bond donors (Lipinski definition) is 1. The van der Waals surface area contributed by atoms with Gasteiger partial charge in [-0.1, -0.05) is 59.6 Å². The topological polar surface area (TPSA) is 67.5 Å². The van der Waals surface area contributed by atoms with E-state index in [9.17, 15) is 0 Å². The number of nitrogens with one attached hydrogen (secondary N) is 1. The van der Waals surface area contributed by atoms with Gasteiger partial charge in [0.2, 0.25) is 0 Å². The zero-order valence-corrected chi connectivity index (χ0v) is 13.9. The Labute approximate surface area is 148 Å². The van der Waals surface area contributed by atoms with Gasteiger partial charge in [0.05, 0.1) is 12.4 Å². The van der Waals surface area contributed by atoms with Crippen molar-refractivity contribution in [3.8, 4) is 0 Å². The minimum atomic E-state index is 0.363. The summed E-state index contributed by atoms with van der Waals surface area (Å²) in [5.74, 6) is 0.363. The van der Waals surface area contributed by atoms with Crippen LogP contribution >= 0.6 is 23.2 Å². The molecule has 0 amide bonds. The predicted molar refractivity (Wildman–Crippen MR) is 97.1 cm³/mol. The van der Waals surface area contributed by atoms with Crippen LogP contribution in [0.4, 0.5) is 5.95 Å². The fraction of sp³-hybridized carbons (Fsp3) is 0. The van der Waals surface area contributed by atoms with Crippen molar-refractivity contribution in [2.75, 3.05) is 5.43 Å². The Hall–Kier alpha value is -2.70. The van der Waals surface area contributed by atoms with Gasteiger partial charge in [-0.25, -0.2) is 5.43 Å². The maximum Gasteiger partial charge on any atom is 0.265 e. The van der Waals surface area contributed by atoms with Crippen LogP contribution in [-0.2, 0) is 0 Å². The molecule has 0 aliphatic heterocycles. The van der Waals surface area contributed by atoms with Crippen molar-refractivity contribution in [2.45, 2.75) is 0 Å². The number of anilines is 1. The molecule has 0 atom stereocenters. The summed E-state index contributed by atoms with van der Waals surface area (Å²) >= 11 is 12.1. The number of aromatic nitrogens is 3. The van der Waals surface area contributed by atoms with Crippen LogP contribution in [0.3, 0.4) is 0 Å². The molecule has 0 saturated carbocycles. The van der Waals surface area contributed by atoms with Gasteiger partial charge in [0.25, 0.3) is 5.95 Å². The summed E-state index contributed by atoms with van der Waals surface area (Å²) in [5, 5.41) is 17.3. The van der Waals surface area contributed by atoms with Gasteiger partial charge in [-0.15, -0.1) is 10.2 Å². The van der Waals surface area contributed by atoms with Gasteiger partial charge in [0, 0.05) is 21.2 Å². The number of hydrazone groups is 1. The first kappa shape index (κ1) is 16.2. The van der Waals surface area contributed by atoms with Gasteiger partial charge in [0.1, 0.15) is 6.33 Å². The molecule has 0 aliphatic carbocycles. The summed E-state index contributed by atoms with van der Waals surface area (Å²) in [5.41, 5.74) is 4.35. The quantitative estimate of drug-likeness (QED) is 0.555. The monoisotopic (exact) mass is 358 g/mol. The maximum atomic E-state index is 6.09. The summed E-state index contributed by atoms with van der Waals surface area (Å²) in [4.78, 5) is 0. The van der Waals surface area contributed by atoms with Crippen molar-refractivity contribution in [3.63, 3.8) is 0 Å². The summed E-state index contributed by atoms with van der Waals surface area (Å²) in [6.45, 7) is 0. The van der Waals surface area contributed by atoms with E-state index in [1.54, 1.807) is 24.6 Å². The molecule has 24 heavy (non-hydrogen) atoms. The summed E-state index contributed by atoms with van der Waals surface area (Å²) in [6.07, 6.45) is 4.68. The second kappa shape index (κ2) is 7.72. The van der Waals surface area contributed by atoms with E-state index in [0.29, 0.717) is 16.0 Å². The van der Waals surface area contributed by atoms with E-state index in [2.05, 4.69) is 25.8 Å². The first-order chi connectivity index (χ1) is 11.7. The Morgan fingerprint density at radius 2 is 1.54 bits per heavy atom. The van der Waals surface area contributed by atoms with Crippen molar-refractivity contribution in [1.29, 1.82) is 0 Å². The average Bonchev–Trinajstić information content (AvgIpc) is 3.03. The smallest absolute Gasteiger partial charge is 0.244 e. The highest BCUT2D eigenvalue weighted by Gasteiger charge is 2.01. The molecule has 3 rings (SSSR count). The van der Waals surface area contributed by atoms with Crippen molar-refractivity contribution in [1.82, 2.24) is 14.9 Å². The molecular weight excluding hydrogens is 347 g/mol. The number of halogens is 2. The molecule has 8 heteroatoms. The molecule has 1 heterocycles. The first-order valence-electron chi connectivity index (χ1n) is 6.96. The minimum Gasteiger partial charge on any atom is -0.244 e. The third kappa shape index (κ3) is 3.98. The lowest BCUT2D eigenvalue weighted by molar-refractivity contribution is 0.879. The van der Waals surface area contributed by atoms with Crippen molar-refractivity contribution in [3.05, 3.63) is 76.0 Å². The van der Waals surface area contributed by atoms with Crippen LogP contribution in [0.5, 0.6) is 0 Å². The third-order valence-electron chi connectivity index (χ3n) is 3.03. The van der Waals surface area contributed by atoms with Crippen molar-refractivity contribution >= 4 is 41.6 Å². The average molecular weight is 359 g/mol. The van der Waals surface area contributed by atoms with Crippen LogP contribution in [0.2, 0.25) is 10.0 Å². The number of nitrogens with zero attached hydrogens (tertiary/aromatic N) is 5. The molecular formula is C16H12Cl2N6. The molecule has 0 bridgehead atoms. The Morgan fingerprint density at radius 3 is 2.21 bits per heavy atom. The van der Waals surface area contributed by atoms with Crippen LogP contribution in [0, 0.1) is 0 Å². The molecule has 0 radical (unpaired) electrons. The first-order valence-corrected chi connectivity index (χ1v) is 7.72. The van der Waals surface area contributed by atoms with Crippen molar-refractivity contribution < 1.29 is 0 Å². The van der Waals surface area contributed by atoms with Gasteiger partial charge >= 0.3 is 0 Å². The molecule has 1 aromatic heterocycles. The van der Waals surface area contributed by atoms with E-state index >= 15 is 0 Å². The van der Waals surface area contributed by atoms with Gasteiger partial charge in [-0.05, 0) is 12.1 Å². The standard InChI is InChI=1S/C16H12Cl2N6/c17-14-7-3-1-5-12(14)9-19-22-16-23-20-11-24(16)21-10-13-6-2-4-8-15(13)18/h1-11H,(H,22,23)/b19-9?,21-10+. The van der Waals surface area contributed by atoms with E-state index in [-0.39, 0.29) is 0 Å². The van der Waals surface area contributed by atoms with E-state index in [1.807, 2.05) is 36.4 Å². The van der Waals surface area contributed by atoms with E-state index in [0.717, 1.165) is 11.1 Å². The van der Waals surface area contributed by atoms with E-state index in [4.69, 9.17) is 23.2 Å². The Bertz CT molecular complexity index is 888. The van der Waals surface area contributed by atoms with Crippen LogP contribution in [-0.4, -0.2) is 27.3 Å². The summed E-state index contributed by atoms with van der Waals surface area (Å²) in [6, 6.07) is 14.8. The number of rotatable bonds is 5. The summed E-state index contributed by atoms with van der Waals surface area (Å²) < 4.78 is 1.45. The zero-order valence-electron chi connectivity index (χ0n) is 12.3. The Morgan fingerprint density at radius 1 is 0.917 bits per heavy atom. The molecule has 1 N–H and O–H groups in total. The minimum absolute atomic E-state index is 0.363. The molecule has 6 nitrogen and oxygen atoms in total. The van der Waals surface area contributed by atoms with Crippen LogP contribution in [0.15, 0.2) is 65.1 Å². The largest absolute Gasteiger partial charge is 0.265 e. The molecule has 120 valence electrons. The lowest BCUT2D eigenvalue weighted by Crippen LogP contribution is -1.99. The van der Waals surface area contributed by atoms with Crippen LogP contribution in [0.1, 0.15) is 11.1 Å². The second-order valence-electron chi connectivity index (χ2n) is 4.66. The molecule has 0 saturated heterocycles. The van der Waals surface area contributed by atoms with Gasteiger partial charge in [0.15, 0.2) is 0 Å². The van der Waals surface area contributed by atoms with Gasteiger partial charge in [-0.3, -0.25) is 0 Å². The van der Waals surface area contributed by atoms with Crippen LogP contribution in [0.25, 0.3) is 0 Å². The molecule has 0 fully saturated rings. The third-order valence-corrected chi connectivity index (χ3v) is 3.72. The molecule has 0 aliphatic rings. The molecule has 3 aromatic rings. The molecule has 0 unspecified atom stereocenters. The second-order valence-corrected chi connectivity index (χ2v) is 5.47. The lowest BCUT2D eigenvalue weighted by atomic mass is 10.2. The fourth-order valence-electron chi connectivity index (χ4n) is 1.83. The van der Waals surface area contributed by atoms with Gasteiger partial charge < -0.3 is 0 Å². The Kier molecular flexibility index (Phi) is 5.20. The molecule has 2 aromatic carbocycles. The summed E-state index contributed by atoms with van der Waals surface area (Å²) in [7, 11) is 0. The van der Waals surface area contributed by atoms with Crippen molar-refractivity contribution in [2.24, 2.45) is 10.2 Å². The maximum absolute atomic E-state index is 6.09. The molecule has 0 spiro atoms. The zero-order chi connectivity index (χ0) is 16.8. The van der Waals surface area contributed by atoms with Gasteiger partial charge in [-0.2, -0.15) is 14.9 Å². The van der Waals surface area contributed by atoms with E-state index in [1.165, 1.54) is 11.0 Å². The predicted octanol–water partition coefficient (Wildman–Crippen LogP) is 3.91.